The Morgan fingerprint density at radius 1 is 0.867 bits per heavy atom. The first-order valence-electron chi connectivity index (χ1n) is 9.32. The van der Waals surface area contributed by atoms with Crippen molar-refractivity contribution in [2.24, 2.45) is 0 Å². The fourth-order valence-corrected chi connectivity index (χ4v) is 2.75. The smallest absolute Gasteiger partial charge is 0.257 e. The molecule has 0 spiro atoms. The summed E-state index contributed by atoms with van der Waals surface area (Å²) in [4.78, 5) is 24.1. The number of carbonyl (C=O) groups is 2. The summed E-state index contributed by atoms with van der Waals surface area (Å²) in [6, 6.07) is 19.1. The number of hydrogen-bond donors (Lipinski definition) is 2. The van der Waals surface area contributed by atoms with Gasteiger partial charge in [-0.15, -0.1) is 0 Å². The lowest BCUT2D eigenvalue weighted by molar-refractivity contribution is -0.123. The van der Waals surface area contributed by atoms with Crippen LogP contribution in [0.5, 0.6) is 5.75 Å². The van der Waals surface area contributed by atoms with Gasteiger partial charge >= 0.3 is 0 Å². The molecule has 154 valence electrons. The highest BCUT2D eigenvalue weighted by atomic mass is 19.1. The summed E-state index contributed by atoms with van der Waals surface area (Å²) in [6.07, 6.45) is 0.0330. The van der Waals surface area contributed by atoms with Gasteiger partial charge in [0, 0.05) is 29.4 Å². The molecule has 2 amide bonds. The van der Waals surface area contributed by atoms with Gasteiger partial charge in [-0.3, -0.25) is 9.59 Å². The molecule has 0 aromatic heterocycles. The molecule has 30 heavy (non-hydrogen) atoms. The van der Waals surface area contributed by atoms with Crippen molar-refractivity contribution in [3.8, 4) is 5.75 Å². The fourth-order valence-electron chi connectivity index (χ4n) is 2.75. The lowest BCUT2D eigenvalue weighted by Crippen LogP contribution is -2.30. The summed E-state index contributed by atoms with van der Waals surface area (Å²) in [5.74, 6) is -1.57. The summed E-state index contributed by atoms with van der Waals surface area (Å²) in [6.45, 7) is -0.191. The van der Waals surface area contributed by atoms with Crippen molar-refractivity contribution in [3.63, 3.8) is 0 Å². The van der Waals surface area contributed by atoms with Crippen LogP contribution in [0.4, 0.5) is 14.5 Å². The minimum absolute atomic E-state index is 0.0330. The maximum atomic E-state index is 13.6. The minimum Gasteiger partial charge on any atom is -0.484 e. The summed E-state index contributed by atoms with van der Waals surface area (Å²) in [5.41, 5.74) is 0.979. The number of benzene rings is 3. The van der Waals surface area contributed by atoms with Gasteiger partial charge in [-0.2, -0.15) is 0 Å². The van der Waals surface area contributed by atoms with E-state index in [4.69, 9.17) is 4.74 Å². The Morgan fingerprint density at radius 2 is 1.57 bits per heavy atom. The van der Waals surface area contributed by atoms with Gasteiger partial charge in [-0.1, -0.05) is 30.3 Å². The largest absolute Gasteiger partial charge is 0.484 e. The maximum Gasteiger partial charge on any atom is 0.257 e. The predicted molar refractivity (Wildman–Crippen MR) is 109 cm³/mol. The second-order valence-electron chi connectivity index (χ2n) is 6.44. The summed E-state index contributed by atoms with van der Waals surface area (Å²) >= 11 is 0. The third-order valence-electron chi connectivity index (χ3n) is 4.26. The quantitative estimate of drug-likeness (QED) is 0.591. The van der Waals surface area contributed by atoms with Crippen molar-refractivity contribution in [1.29, 1.82) is 0 Å². The number of rotatable bonds is 8. The molecular formula is C23H20F2N2O3. The van der Waals surface area contributed by atoms with E-state index >= 15 is 0 Å². The highest BCUT2D eigenvalue weighted by Gasteiger charge is 2.10. The fraction of sp³-hybridized carbons (Fsp3) is 0.130. The second-order valence-corrected chi connectivity index (χ2v) is 6.44. The average molecular weight is 410 g/mol. The van der Waals surface area contributed by atoms with Gasteiger partial charge in [0.25, 0.3) is 11.8 Å². The van der Waals surface area contributed by atoms with Gasteiger partial charge in [-0.05, 0) is 42.8 Å². The molecular weight excluding hydrogens is 390 g/mol. The second kappa shape index (κ2) is 10.2. The number of amides is 2. The molecule has 0 radical (unpaired) electrons. The van der Waals surface area contributed by atoms with Crippen molar-refractivity contribution < 1.29 is 23.1 Å². The van der Waals surface area contributed by atoms with E-state index in [9.17, 15) is 18.4 Å². The Balaban J connectivity index is 1.47. The zero-order valence-electron chi connectivity index (χ0n) is 16.0. The van der Waals surface area contributed by atoms with Crippen molar-refractivity contribution in [2.75, 3.05) is 18.5 Å². The molecule has 7 heteroatoms. The Morgan fingerprint density at radius 3 is 2.30 bits per heavy atom. The Hall–Kier alpha value is -3.74. The maximum absolute atomic E-state index is 13.6. The van der Waals surface area contributed by atoms with Crippen LogP contribution in [0.3, 0.4) is 0 Å². The molecule has 5 nitrogen and oxygen atoms in total. The lowest BCUT2D eigenvalue weighted by atomic mass is 10.1. The van der Waals surface area contributed by atoms with E-state index in [1.54, 1.807) is 48.5 Å². The van der Waals surface area contributed by atoms with Gasteiger partial charge in [0.05, 0.1) is 0 Å². The molecule has 2 N–H and O–H groups in total. The van der Waals surface area contributed by atoms with Gasteiger partial charge in [-0.25, -0.2) is 8.78 Å². The molecule has 0 saturated heterocycles. The van der Waals surface area contributed by atoms with Gasteiger partial charge in [0.1, 0.15) is 17.4 Å². The molecule has 3 aromatic carbocycles. The first-order chi connectivity index (χ1) is 14.5. The highest BCUT2D eigenvalue weighted by Crippen LogP contribution is 2.18. The molecule has 0 atom stereocenters. The lowest BCUT2D eigenvalue weighted by Gasteiger charge is -2.10. The van der Waals surface area contributed by atoms with Gasteiger partial charge < -0.3 is 15.4 Å². The molecule has 0 aliphatic heterocycles. The summed E-state index contributed by atoms with van der Waals surface area (Å²) < 4.78 is 32.6. The third kappa shape index (κ3) is 5.88. The third-order valence-corrected chi connectivity index (χ3v) is 4.26. The Kier molecular flexibility index (Phi) is 7.10. The van der Waals surface area contributed by atoms with Crippen molar-refractivity contribution in [2.45, 2.75) is 6.42 Å². The van der Waals surface area contributed by atoms with Crippen LogP contribution in [0.25, 0.3) is 0 Å². The molecule has 0 unspecified atom stereocenters. The molecule has 0 bridgehead atoms. The van der Waals surface area contributed by atoms with E-state index in [1.165, 1.54) is 18.2 Å². The Labute approximate surface area is 172 Å². The molecule has 0 aliphatic carbocycles. The molecule has 0 fully saturated rings. The normalized spacial score (nSPS) is 10.3. The van der Waals surface area contributed by atoms with Crippen LogP contribution in [0.1, 0.15) is 15.9 Å². The van der Waals surface area contributed by atoms with E-state index in [0.29, 0.717) is 17.0 Å². The topological polar surface area (TPSA) is 67.4 Å². The van der Waals surface area contributed by atoms with Gasteiger partial charge in [0.2, 0.25) is 0 Å². The van der Waals surface area contributed by atoms with E-state index in [1.807, 2.05) is 6.07 Å². The molecule has 3 aromatic rings. The van der Waals surface area contributed by atoms with E-state index in [-0.39, 0.29) is 31.0 Å². The molecule has 0 saturated carbocycles. The van der Waals surface area contributed by atoms with E-state index < -0.39 is 17.5 Å². The highest BCUT2D eigenvalue weighted by molar-refractivity contribution is 6.04. The average Bonchev–Trinajstić information content (AvgIpc) is 2.75. The van der Waals surface area contributed by atoms with Crippen molar-refractivity contribution >= 4 is 17.5 Å². The predicted octanol–water partition coefficient (Wildman–Crippen LogP) is 3.95. The number of hydrogen-bond acceptors (Lipinski definition) is 3. The number of anilines is 1. The van der Waals surface area contributed by atoms with Crippen LogP contribution < -0.4 is 15.4 Å². The number of nitrogens with one attached hydrogen (secondary N) is 2. The monoisotopic (exact) mass is 410 g/mol. The van der Waals surface area contributed by atoms with E-state index in [2.05, 4.69) is 10.6 Å². The Bertz CT molecular complexity index is 1010. The summed E-state index contributed by atoms with van der Waals surface area (Å²) in [5, 5.41) is 5.32. The van der Waals surface area contributed by atoms with E-state index in [0.717, 1.165) is 0 Å². The minimum atomic E-state index is -0.644. The first kappa shape index (κ1) is 21.0. The SMILES string of the molecule is O=C(COc1cccc(NC(=O)c2ccccc2)c1)NCCc1c(F)cccc1F. The van der Waals surface area contributed by atoms with Crippen LogP contribution in [-0.4, -0.2) is 25.0 Å². The summed E-state index contributed by atoms with van der Waals surface area (Å²) in [7, 11) is 0. The first-order valence-corrected chi connectivity index (χ1v) is 9.32. The number of ether oxygens (including phenoxy) is 1. The standard InChI is InChI=1S/C23H20F2N2O3/c24-20-10-5-11-21(25)19(20)12-13-26-22(28)15-30-18-9-4-8-17(14-18)27-23(29)16-6-2-1-3-7-16/h1-11,14H,12-13,15H2,(H,26,28)(H,27,29). The van der Waals surface area contributed by atoms with Crippen LogP contribution in [0.2, 0.25) is 0 Å². The van der Waals surface area contributed by atoms with Crippen LogP contribution in [0.15, 0.2) is 72.8 Å². The zero-order chi connectivity index (χ0) is 21.3. The van der Waals surface area contributed by atoms with Crippen LogP contribution >= 0.6 is 0 Å². The molecule has 0 aliphatic rings. The number of carbonyl (C=O) groups excluding carboxylic acids is 2. The molecule has 0 heterocycles. The van der Waals surface area contributed by atoms with Crippen LogP contribution in [-0.2, 0) is 11.2 Å². The molecule has 3 rings (SSSR count). The zero-order valence-corrected chi connectivity index (χ0v) is 16.0. The van der Waals surface area contributed by atoms with Crippen molar-refractivity contribution in [1.82, 2.24) is 5.32 Å². The number of halogens is 2. The van der Waals surface area contributed by atoms with Gasteiger partial charge in [0.15, 0.2) is 6.61 Å². The van der Waals surface area contributed by atoms with Crippen molar-refractivity contribution in [3.05, 3.63) is 95.6 Å². The van der Waals surface area contributed by atoms with Crippen LogP contribution in [0, 0.1) is 11.6 Å².